The lowest BCUT2D eigenvalue weighted by molar-refractivity contribution is -0.132. The summed E-state index contributed by atoms with van der Waals surface area (Å²) in [6.45, 7) is 2.29. The van der Waals surface area contributed by atoms with E-state index in [1.807, 2.05) is 6.92 Å². The molecule has 2 aliphatic rings. The van der Waals surface area contributed by atoms with Crippen LogP contribution in [0.1, 0.15) is 44.6 Å². The van der Waals surface area contributed by atoms with Crippen molar-refractivity contribution in [2.24, 2.45) is 0 Å². The summed E-state index contributed by atoms with van der Waals surface area (Å²) in [4.78, 5) is 38.8. The van der Waals surface area contributed by atoms with E-state index in [2.05, 4.69) is 21.2 Å². The van der Waals surface area contributed by atoms with Gasteiger partial charge in [-0.25, -0.2) is 4.79 Å². The van der Waals surface area contributed by atoms with E-state index in [-0.39, 0.29) is 11.6 Å². The van der Waals surface area contributed by atoms with Gasteiger partial charge in [0.2, 0.25) is 0 Å². The maximum absolute atomic E-state index is 13.0. The van der Waals surface area contributed by atoms with E-state index in [9.17, 15) is 14.4 Å². The van der Waals surface area contributed by atoms with Crippen molar-refractivity contribution in [2.45, 2.75) is 45.1 Å². The molecule has 1 N–H and O–H groups in total. The molecule has 0 aromatic heterocycles. The number of carbonyl (C=O) groups excluding carboxylic acids is 3. The number of rotatable bonds is 5. The standard InChI is InChI=1S/C20H23BrN2O5/c1-3-28-16-11-12(10-15(21)17(16)27-2)9-14-18(24)22-20(26)23(19(14)25)13-7-5-4-6-8-13/h9-11,13H,3-8H2,1-2H3,(H,22,24,26). The van der Waals surface area contributed by atoms with Gasteiger partial charge in [0.25, 0.3) is 11.8 Å². The molecule has 1 aliphatic heterocycles. The van der Waals surface area contributed by atoms with Crippen molar-refractivity contribution in [2.75, 3.05) is 13.7 Å². The normalized spacial score (nSPS) is 19.8. The Morgan fingerprint density at radius 2 is 1.93 bits per heavy atom. The van der Waals surface area contributed by atoms with Crippen LogP contribution in [-0.2, 0) is 9.59 Å². The Kier molecular flexibility index (Phi) is 6.39. The minimum absolute atomic E-state index is 0.0651. The first kappa shape index (κ1) is 20.4. The first-order chi connectivity index (χ1) is 13.5. The summed E-state index contributed by atoms with van der Waals surface area (Å²) >= 11 is 3.42. The molecule has 0 radical (unpaired) electrons. The first-order valence-corrected chi connectivity index (χ1v) is 10.2. The second-order valence-corrected chi connectivity index (χ2v) is 7.61. The quantitative estimate of drug-likeness (QED) is 0.546. The summed E-state index contributed by atoms with van der Waals surface area (Å²) in [5.41, 5.74) is 0.525. The van der Waals surface area contributed by atoms with Gasteiger partial charge in [0.05, 0.1) is 18.2 Å². The second kappa shape index (κ2) is 8.77. The number of hydrogen-bond acceptors (Lipinski definition) is 5. The van der Waals surface area contributed by atoms with Crippen LogP contribution < -0.4 is 14.8 Å². The maximum atomic E-state index is 13.0. The number of urea groups is 1. The van der Waals surface area contributed by atoms with Gasteiger partial charge in [-0.1, -0.05) is 19.3 Å². The molecule has 1 saturated carbocycles. The molecule has 0 spiro atoms. The third-order valence-electron chi connectivity index (χ3n) is 4.92. The molecule has 0 unspecified atom stereocenters. The van der Waals surface area contributed by atoms with Crippen molar-refractivity contribution in [1.29, 1.82) is 0 Å². The van der Waals surface area contributed by atoms with Gasteiger partial charge in [0, 0.05) is 6.04 Å². The zero-order valence-corrected chi connectivity index (χ0v) is 17.5. The highest BCUT2D eigenvalue weighted by Crippen LogP contribution is 2.37. The SMILES string of the molecule is CCOc1cc(C=C2C(=O)NC(=O)N(C3CCCCC3)C2=O)cc(Br)c1OC. The summed E-state index contributed by atoms with van der Waals surface area (Å²) in [5, 5.41) is 2.30. The smallest absolute Gasteiger partial charge is 0.331 e. The summed E-state index contributed by atoms with van der Waals surface area (Å²) in [6, 6.07) is 2.63. The fraction of sp³-hybridized carbons (Fsp3) is 0.450. The van der Waals surface area contributed by atoms with Crippen LogP contribution in [0.4, 0.5) is 4.79 Å². The number of amides is 4. The molecular formula is C20H23BrN2O5. The lowest BCUT2D eigenvalue weighted by atomic mass is 9.93. The van der Waals surface area contributed by atoms with E-state index in [1.165, 1.54) is 18.1 Å². The molecule has 1 aliphatic carbocycles. The monoisotopic (exact) mass is 450 g/mol. The van der Waals surface area contributed by atoms with E-state index in [1.54, 1.807) is 12.1 Å². The van der Waals surface area contributed by atoms with Crippen LogP contribution in [0.3, 0.4) is 0 Å². The summed E-state index contributed by atoms with van der Waals surface area (Å²) < 4.78 is 11.6. The lowest BCUT2D eigenvalue weighted by Gasteiger charge is -2.35. The molecule has 3 rings (SSSR count). The molecule has 150 valence electrons. The van der Waals surface area contributed by atoms with Crippen LogP contribution in [0.15, 0.2) is 22.2 Å². The number of carbonyl (C=O) groups is 3. The van der Waals surface area contributed by atoms with Crippen molar-refractivity contribution in [1.82, 2.24) is 10.2 Å². The zero-order valence-electron chi connectivity index (χ0n) is 15.9. The number of ether oxygens (including phenoxy) is 2. The highest BCUT2D eigenvalue weighted by molar-refractivity contribution is 9.10. The van der Waals surface area contributed by atoms with Gasteiger partial charge in [-0.2, -0.15) is 0 Å². The van der Waals surface area contributed by atoms with E-state index >= 15 is 0 Å². The van der Waals surface area contributed by atoms with Crippen LogP contribution in [0.5, 0.6) is 11.5 Å². The Balaban J connectivity index is 1.96. The van der Waals surface area contributed by atoms with Crippen molar-refractivity contribution in [3.8, 4) is 11.5 Å². The van der Waals surface area contributed by atoms with Gasteiger partial charge < -0.3 is 9.47 Å². The Morgan fingerprint density at radius 1 is 1.21 bits per heavy atom. The first-order valence-electron chi connectivity index (χ1n) is 9.37. The van der Waals surface area contributed by atoms with Gasteiger partial charge >= 0.3 is 6.03 Å². The minimum Gasteiger partial charge on any atom is -0.492 e. The number of hydrogen-bond donors (Lipinski definition) is 1. The van der Waals surface area contributed by atoms with Crippen LogP contribution in [0, 0.1) is 0 Å². The van der Waals surface area contributed by atoms with Crippen molar-refractivity contribution in [3.63, 3.8) is 0 Å². The average molecular weight is 451 g/mol. The van der Waals surface area contributed by atoms with Crippen molar-refractivity contribution >= 4 is 39.9 Å². The number of nitrogens with one attached hydrogen (secondary N) is 1. The second-order valence-electron chi connectivity index (χ2n) is 6.75. The molecule has 7 nitrogen and oxygen atoms in total. The summed E-state index contributed by atoms with van der Waals surface area (Å²) in [7, 11) is 1.53. The molecule has 1 aromatic carbocycles. The van der Waals surface area contributed by atoms with Crippen molar-refractivity contribution in [3.05, 3.63) is 27.7 Å². The molecule has 8 heteroatoms. The van der Waals surface area contributed by atoms with Crippen molar-refractivity contribution < 1.29 is 23.9 Å². The molecule has 0 atom stereocenters. The molecule has 1 heterocycles. The third kappa shape index (κ3) is 4.06. The van der Waals surface area contributed by atoms with E-state index in [4.69, 9.17) is 9.47 Å². The van der Waals surface area contributed by atoms with Gasteiger partial charge in [-0.15, -0.1) is 0 Å². The summed E-state index contributed by atoms with van der Waals surface area (Å²) in [6.07, 6.45) is 6.05. The number of barbiturate groups is 1. The lowest BCUT2D eigenvalue weighted by Crippen LogP contribution is -2.58. The highest BCUT2D eigenvalue weighted by Gasteiger charge is 2.40. The Hall–Kier alpha value is -2.35. The van der Waals surface area contributed by atoms with Crippen LogP contribution in [-0.4, -0.2) is 42.5 Å². The third-order valence-corrected chi connectivity index (χ3v) is 5.51. The van der Waals surface area contributed by atoms with Gasteiger partial charge in [-0.3, -0.25) is 19.8 Å². The average Bonchev–Trinajstić information content (AvgIpc) is 2.66. The molecular weight excluding hydrogens is 428 g/mol. The van der Waals surface area contributed by atoms with Gasteiger partial charge in [0.15, 0.2) is 11.5 Å². The fourth-order valence-electron chi connectivity index (χ4n) is 3.64. The molecule has 0 bridgehead atoms. The van der Waals surface area contributed by atoms with Crippen LogP contribution >= 0.6 is 15.9 Å². The number of benzene rings is 1. The van der Waals surface area contributed by atoms with E-state index in [0.717, 1.165) is 32.1 Å². The fourth-order valence-corrected chi connectivity index (χ4v) is 4.26. The van der Waals surface area contributed by atoms with E-state index in [0.29, 0.717) is 28.1 Å². The number of nitrogens with zero attached hydrogens (tertiary/aromatic N) is 1. The van der Waals surface area contributed by atoms with E-state index < -0.39 is 17.8 Å². The number of halogens is 1. The number of methoxy groups -OCH3 is 1. The van der Waals surface area contributed by atoms with Crippen LogP contribution in [0.2, 0.25) is 0 Å². The predicted molar refractivity (Wildman–Crippen MR) is 107 cm³/mol. The highest BCUT2D eigenvalue weighted by atomic mass is 79.9. The maximum Gasteiger partial charge on any atom is 0.331 e. The minimum atomic E-state index is -0.688. The Bertz CT molecular complexity index is 830. The molecule has 4 amide bonds. The molecule has 28 heavy (non-hydrogen) atoms. The molecule has 2 fully saturated rings. The Morgan fingerprint density at radius 3 is 2.57 bits per heavy atom. The molecule has 1 aromatic rings. The molecule has 1 saturated heterocycles. The van der Waals surface area contributed by atoms with Gasteiger partial charge in [-0.05, 0) is 59.5 Å². The van der Waals surface area contributed by atoms with Crippen LogP contribution in [0.25, 0.3) is 6.08 Å². The van der Waals surface area contributed by atoms with Gasteiger partial charge in [0.1, 0.15) is 5.57 Å². The topological polar surface area (TPSA) is 84.9 Å². The summed E-state index contributed by atoms with van der Waals surface area (Å²) in [5.74, 6) is -0.213. The zero-order chi connectivity index (χ0) is 20.3. The largest absolute Gasteiger partial charge is 0.492 e. The number of imide groups is 2. The Labute approximate surface area is 172 Å². The predicted octanol–water partition coefficient (Wildman–Crippen LogP) is 3.65.